The van der Waals surface area contributed by atoms with Crippen LogP contribution in [0.15, 0.2) is 28.7 Å². The third-order valence-corrected chi connectivity index (χ3v) is 5.05. The van der Waals surface area contributed by atoms with Crippen molar-refractivity contribution >= 4 is 21.9 Å². The Hall–Kier alpha value is -0.910. The van der Waals surface area contributed by atoms with E-state index in [0.717, 1.165) is 36.0 Å². The van der Waals surface area contributed by atoms with Gasteiger partial charge in [-0.15, -0.1) is 0 Å². The van der Waals surface area contributed by atoms with Gasteiger partial charge in [-0.2, -0.15) is 0 Å². The van der Waals surface area contributed by atoms with Gasteiger partial charge in [0.1, 0.15) is 12.2 Å². The number of rotatable bonds is 4. The first-order valence-corrected chi connectivity index (χ1v) is 8.84. The molecule has 1 N–H and O–H groups in total. The summed E-state index contributed by atoms with van der Waals surface area (Å²) in [6.07, 6.45) is 1.90. The first kappa shape index (κ1) is 16.9. The lowest BCUT2D eigenvalue weighted by molar-refractivity contribution is -0.206. The molecule has 0 radical (unpaired) electrons. The number of halogens is 1. The average Bonchev–Trinajstić information content (AvgIpc) is 2.33. The smallest absolute Gasteiger partial charge is 0.332 e. The van der Waals surface area contributed by atoms with E-state index in [2.05, 4.69) is 33.4 Å². The molecular formula is C18H24BrNO3. The van der Waals surface area contributed by atoms with Crippen molar-refractivity contribution < 1.29 is 14.3 Å². The monoisotopic (exact) mass is 381 g/mol. The van der Waals surface area contributed by atoms with Crippen LogP contribution in [0.5, 0.6) is 0 Å². The summed E-state index contributed by atoms with van der Waals surface area (Å²) in [5.41, 5.74) is 0.620. The van der Waals surface area contributed by atoms with Gasteiger partial charge in [0, 0.05) is 23.0 Å². The molecule has 1 spiro atoms. The van der Waals surface area contributed by atoms with Gasteiger partial charge in [0.25, 0.3) is 0 Å². The second kappa shape index (κ2) is 5.87. The van der Waals surface area contributed by atoms with Crippen LogP contribution in [-0.2, 0) is 19.9 Å². The van der Waals surface area contributed by atoms with E-state index < -0.39 is 5.60 Å². The normalized spacial score (nSPS) is 21.4. The van der Waals surface area contributed by atoms with Crippen molar-refractivity contribution in [1.82, 2.24) is 5.32 Å². The minimum atomic E-state index is -0.484. The number of carbonyl (C=O) groups excluding carboxylic acids is 1. The van der Waals surface area contributed by atoms with Gasteiger partial charge >= 0.3 is 5.97 Å². The van der Waals surface area contributed by atoms with Crippen molar-refractivity contribution in [3.63, 3.8) is 0 Å². The highest BCUT2D eigenvalue weighted by Crippen LogP contribution is 2.58. The molecular weight excluding hydrogens is 358 g/mol. The van der Waals surface area contributed by atoms with Gasteiger partial charge in [-0.1, -0.05) is 28.1 Å². The van der Waals surface area contributed by atoms with E-state index in [1.165, 1.54) is 0 Å². The molecule has 126 valence electrons. The quantitative estimate of drug-likeness (QED) is 0.812. The van der Waals surface area contributed by atoms with Crippen molar-refractivity contribution in [1.29, 1.82) is 0 Å². The molecule has 1 aliphatic carbocycles. The van der Waals surface area contributed by atoms with Crippen molar-refractivity contribution in [3.05, 3.63) is 34.3 Å². The lowest BCUT2D eigenvalue weighted by Crippen LogP contribution is -2.66. The topological polar surface area (TPSA) is 47.6 Å². The molecule has 1 saturated heterocycles. The summed E-state index contributed by atoms with van der Waals surface area (Å²) in [6.45, 7) is 7.68. The van der Waals surface area contributed by atoms with Crippen LogP contribution in [-0.4, -0.2) is 31.3 Å². The predicted molar refractivity (Wildman–Crippen MR) is 92.2 cm³/mol. The van der Waals surface area contributed by atoms with Crippen molar-refractivity contribution in [2.45, 2.75) is 44.8 Å². The Labute approximate surface area is 146 Å². The first-order chi connectivity index (χ1) is 10.7. The van der Waals surface area contributed by atoms with Crippen LogP contribution in [0, 0.1) is 5.41 Å². The van der Waals surface area contributed by atoms with Gasteiger partial charge < -0.3 is 14.8 Å². The van der Waals surface area contributed by atoms with E-state index in [1.807, 2.05) is 32.9 Å². The molecule has 1 heterocycles. The van der Waals surface area contributed by atoms with Crippen LogP contribution < -0.4 is 5.32 Å². The lowest BCUT2D eigenvalue weighted by atomic mass is 9.54. The maximum atomic E-state index is 12.0. The minimum Gasteiger partial charge on any atom is -0.458 e. The Morgan fingerprint density at radius 1 is 1.30 bits per heavy atom. The van der Waals surface area contributed by atoms with Crippen LogP contribution in [0.3, 0.4) is 0 Å². The molecule has 23 heavy (non-hydrogen) atoms. The van der Waals surface area contributed by atoms with Gasteiger partial charge in [0.05, 0.1) is 5.60 Å². The number of hydrogen-bond acceptors (Lipinski definition) is 4. The highest BCUT2D eigenvalue weighted by molar-refractivity contribution is 9.10. The number of benzene rings is 1. The second-order valence-electron chi connectivity index (χ2n) is 7.84. The number of nitrogens with one attached hydrogen (secondary N) is 1. The molecule has 3 rings (SSSR count). The average molecular weight is 382 g/mol. The third-order valence-electron chi connectivity index (χ3n) is 4.56. The van der Waals surface area contributed by atoms with Gasteiger partial charge in [-0.3, -0.25) is 0 Å². The fourth-order valence-corrected chi connectivity index (χ4v) is 4.02. The molecule has 1 aliphatic heterocycles. The molecule has 5 heteroatoms. The maximum Gasteiger partial charge on any atom is 0.332 e. The van der Waals surface area contributed by atoms with Crippen LogP contribution in [0.1, 0.15) is 39.2 Å². The summed E-state index contributed by atoms with van der Waals surface area (Å²) >= 11 is 3.53. The number of ether oxygens (including phenoxy) is 2. The number of carbonyl (C=O) groups is 1. The molecule has 1 aromatic carbocycles. The Kier molecular flexibility index (Phi) is 4.32. The molecule has 0 bridgehead atoms. The van der Waals surface area contributed by atoms with Crippen molar-refractivity contribution in [2.75, 3.05) is 19.7 Å². The molecule has 1 saturated carbocycles. The SMILES string of the molecule is CC(C)(C)OC(=O)COC1(c2cccc(Br)c2)CC2(CNC2)C1. The van der Waals surface area contributed by atoms with Crippen LogP contribution >= 0.6 is 15.9 Å². The van der Waals surface area contributed by atoms with Gasteiger partial charge in [0.15, 0.2) is 0 Å². The largest absolute Gasteiger partial charge is 0.458 e. The summed E-state index contributed by atoms with van der Waals surface area (Å²) in [5, 5.41) is 3.34. The fraction of sp³-hybridized carbons (Fsp3) is 0.611. The van der Waals surface area contributed by atoms with Gasteiger partial charge in [0.2, 0.25) is 0 Å². The molecule has 2 aliphatic rings. The predicted octanol–water partition coefficient (Wildman–Crippen LogP) is 3.39. The van der Waals surface area contributed by atoms with Crippen LogP contribution in [0.4, 0.5) is 0 Å². The van der Waals surface area contributed by atoms with E-state index in [9.17, 15) is 4.79 Å². The summed E-state index contributed by atoms with van der Waals surface area (Å²) in [4.78, 5) is 12.0. The Morgan fingerprint density at radius 3 is 2.52 bits per heavy atom. The van der Waals surface area contributed by atoms with Crippen molar-refractivity contribution in [3.8, 4) is 0 Å². The summed E-state index contributed by atoms with van der Waals surface area (Å²) in [7, 11) is 0. The second-order valence-corrected chi connectivity index (χ2v) is 8.75. The van der Waals surface area contributed by atoms with Crippen molar-refractivity contribution in [2.24, 2.45) is 5.41 Å². The minimum absolute atomic E-state index is 0.00665. The van der Waals surface area contributed by atoms with E-state index in [1.54, 1.807) is 0 Å². The van der Waals surface area contributed by atoms with E-state index in [0.29, 0.717) is 5.41 Å². The van der Waals surface area contributed by atoms with E-state index >= 15 is 0 Å². The molecule has 0 amide bonds. The lowest BCUT2D eigenvalue weighted by Gasteiger charge is -2.60. The summed E-state index contributed by atoms with van der Waals surface area (Å²) in [5.74, 6) is -0.306. The standard InChI is InChI=1S/C18H24BrNO3/c1-16(2,3)23-15(21)8-22-18(9-17(10-18)11-20-12-17)13-5-4-6-14(19)7-13/h4-7,20H,8-12H2,1-3H3. The molecule has 0 atom stereocenters. The zero-order valence-electron chi connectivity index (χ0n) is 13.9. The van der Waals surface area contributed by atoms with Crippen LogP contribution in [0.2, 0.25) is 0 Å². The Balaban J connectivity index is 1.71. The Morgan fingerprint density at radius 2 is 2.00 bits per heavy atom. The molecule has 0 unspecified atom stereocenters. The van der Waals surface area contributed by atoms with Gasteiger partial charge in [-0.25, -0.2) is 4.79 Å². The highest BCUT2D eigenvalue weighted by Gasteiger charge is 2.59. The molecule has 2 fully saturated rings. The molecule has 0 aromatic heterocycles. The maximum absolute atomic E-state index is 12.0. The number of esters is 1. The zero-order chi connectivity index (χ0) is 16.7. The van der Waals surface area contributed by atoms with E-state index in [-0.39, 0.29) is 18.2 Å². The highest BCUT2D eigenvalue weighted by atomic mass is 79.9. The van der Waals surface area contributed by atoms with Gasteiger partial charge in [-0.05, 0) is 51.3 Å². The Bertz CT molecular complexity index is 597. The number of hydrogen-bond donors (Lipinski definition) is 1. The summed E-state index contributed by atoms with van der Waals surface area (Å²) in [6, 6.07) is 8.19. The van der Waals surface area contributed by atoms with E-state index in [4.69, 9.17) is 9.47 Å². The van der Waals surface area contributed by atoms with Crippen LogP contribution in [0.25, 0.3) is 0 Å². The third kappa shape index (κ3) is 3.62. The fourth-order valence-electron chi connectivity index (χ4n) is 3.62. The summed E-state index contributed by atoms with van der Waals surface area (Å²) < 4.78 is 12.5. The molecule has 1 aromatic rings. The first-order valence-electron chi connectivity index (χ1n) is 8.05. The zero-order valence-corrected chi connectivity index (χ0v) is 15.5. The molecule has 4 nitrogen and oxygen atoms in total.